The van der Waals surface area contributed by atoms with Crippen molar-refractivity contribution in [2.75, 3.05) is 39.4 Å². The molecule has 0 saturated carbocycles. The molecule has 7 nitrogen and oxygen atoms in total. The molecule has 0 radical (unpaired) electrons. The first kappa shape index (κ1) is 23.4. The average molecular weight is 576 g/mol. The van der Waals surface area contributed by atoms with Crippen molar-refractivity contribution in [3.05, 3.63) is 37.5 Å². The molecule has 0 aliphatic carbocycles. The van der Waals surface area contributed by atoms with Crippen LogP contribution in [0.15, 0.2) is 31.9 Å². The quantitative estimate of drug-likeness (QED) is 0.262. The van der Waals surface area contributed by atoms with Gasteiger partial charge < -0.3 is 0 Å². The third-order valence-electron chi connectivity index (χ3n) is 5.24. The van der Waals surface area contributed by atoms with E-state index in [-0.39, 0.29) is 33.0 Å². The molecule has 3 aromatic rings. The van der Waals surface area contributed by atoms with Gasteiger partial charge in [0.05, 0.1) is 0 Å². The SMILES string of the molecule is CCOP(=O)(OCC)c1cc2ccc3c(Br)c(CN4CCCNCC4)[se]c3c2oc1=O. The maximum absolute atomic E-state index is 13.1. The Labute approximate surface area is 195 Å². The number of benzene rings is 1. The molecule has 1 aromatic carbocycles. The van der Waals surface area contributed by atoms with Crippen LogP contribution in [0, 0.1) is 0 Å². The van der Waals surface area contributed by atoms with Gasteiger partial charge in [-0.15, -0.1) is 0 Å². The van der Waals surface area contributed by atoms with Gasteiger partial charge in [-0.25, -0.2) is 0 Å². The third-order valence-corrected chi connectivity index (χ3v) is 11.3. The van der Waals surface area contributed by atoms with Crippen molar-refractivity contribution in [1.82, 2.24) is 10.2 Å². The summed E-state index contributed by atoms with van der Waals surface area (Å²) < 4.78 is 33.1. The zero-order valence-electron chi connectivity index (χ0n) is 17.6. The first-order valence-corrected chi connectivity index (χ1v) is 14.5. The molecule has 0 amide bonds. The van der Waals surface area contributed by atoms with Crippen LogP contribution in [-0.4, -0.2) is 58.8 Å². The summed E-state index contributed by atoms with van der Waals surface area (Å²) in [7, 11) is -3.72. The molecule has 1 aliphatic heterocycles. The van der Waals surface area contributed by atoms with Crippen LogP contribution >= 0.6 is 23.5 Å². The molecule has 0 atom stereocenters. The van der Waals surface area contributed by atoms with E-state index < -0.39 is 13.2 Å². The first-order valence-electron chi connectivity index (χ1n) is 10.5. The van der Waals surface area contributed by atoms with Gasteiger partial charge in [-0.1, -0.05) is 0 Å². The molecule has 1 N–H and O–H groups in total. The van der Waals surface area contributed by atoms with Crippen LogP contribution in [-0.2, 0) is 20.2 Å². The van der Waals surface area contributed by atoms with E-state index >= 15 is 0 Å². The fourth-order valence-electron chi connectivity index (χ4n) is 3.81. The molecule has 1 saturated heterocycles. The second-order valence-corrected chi connectivity index (χ2v) is 12.4. The summed E-state index contributed by atoms with van der Waals surface area (Å²) >= 11 is 3.83. The fourth-order valence-corrected chi connectivity index (χ4v) is 9.15. The fraction of sp³-hybridized carbons (Fsp3) is 0.476. The number of nitrogens with one attached hydrogen (secondary N) is 1. The summed E-state index contributed by atoms with van der Waals surface area (Å²) in [5, 5.41) is 5.20. The topological polar surface area (TPSA) is 81.0 Å². The predicted molar refractivity (Wildman–Crippen MR) is 128 cm³/mol. The van der Waals surface area contributed by atoms with Crippen molar-refractivity contribution in [2.24, 2.45) is 0 Å². The molecule has 10 heteroatoms. The van der Waals surface area contributed by atoms with Crippen molar-refractivity contribution in [1.29, 1.82) is 0 Å². The number of hydrogen-bond acceptors (Lipinski definition) is 7. The number of rotatable bonds is 7. The summed E-state index contributed by atoms with van der Waals surface area (Å²) in [6.07, 6.45) is 1.14. The molecule has 0 spiro atoms. The molecule has 0 unspecified atom stereocenters. The van der Waals surface area contributed by atoms with Crippen LogP contribution in [0.5, 0.6) is 0 Å². The van der Waals surface area contributed by atoms with Crippen molar-refractivity contribution in [2.45, 2.75) is 26.8 Å². The van der Waals surface area contributed by atoms with Gasteiger partial charge in [-0.3, -0.25) is 0 Å². The Morgan fingerprint density at radius 3 is 2.74 bits per heavy atom. The number of nitrogens with zero attached hydrogens (tertiary/aromatic N) is 1. The molecule has 0 bridgehead atoms. The van der Waals surface area contributed by atoms with Crippen LogP contribution in [0.3, 0.4) is 0 Å². The van der Waals surface area contributed by atoms with Crippen molar-refractivity contribution >= 4 is 63.9 Å². The summed E-state index contributed by atoms with van der Waals surface area (Å²) in [4.78, 5) is 15.3. The molecule has 31 heavy (non-hydrogen) atoms. The van der Waals surface area contributed by atoms with Gasteiger partial charge >= 0.3 is 196 Å². The van der Waals surface area contributed by atoms with E-state index in [1.54, 1.807) is 19.9 Å². The first-order chi connectivity index (χ1) is 15.0. The van der Waals surface area contributed by atoms with Gasteiger partial charge in [0.15, 0.2) is 0 Å². The Kier molecular flexibility index (Phi) is 7.56. The molecular weight excluding hydrogens is 550 g/mol. The maximum atomic E-state index is 13.1. The van der Waals surface area contributed by atoms with E-state index in [0.29, 0.717) is 5.58 Å². The second-order valence-electron chi connectivity index (χ2n) is 7.33. The van der Waals surface area contributed by atoms with Gasteiger partial charge in [-0.05, 0) is 0 Å². The Morgan fingerprint density at radius 1 is 1.23 bits per heavy atom. The molecule has 4 rings (SSSR count). The van der Waals surface area contributed by atoms with Crippen LogP contribution in [0.25, 0.3) is 20.6 Å². The van der Waals surface area contributed by atoms with Crippen LogP contribution in [0.2, 0.25) is 0 Å². The Balaban J connectivity index is 1.78. The zero-order chi connectivity index (χ0) is 22.0. The minimum absolute atomic E-state index is 0.0361. The predicted octanol–water partition coefficient (Wildman–Crippen LogP) is 3.45. The van der Waals surface area contributed by atoms with E-state index in [4.69, 9.17) is 13.5 Å². The molecule has 1 fully saturated rings. The molecule has 2 aromatic heterocycles. The van der Waals surface area contributed by atoms with Gasteiger partial charge in [-0.2, -0.15) is 0 Å². The third kappa shape index (κ3) is 4.80. The van der Waals surface area contributed by atoms with Gasteiger partial charge in [0, 0.05) is 0 Å². The molecule has 1 aliphatic rings. The Bertz CT molecular complexity index is 1180. The van der Waals surface area contributed by atoms with Gasteiger partial charge in [0.2, 0.25) is 0 Å². The minimum atomic E-state index is -3.72. The van der Waals surface area contributed by atoms with E-state index in [1.807, 2.05) is 12.1 Å². The average Bonchev–Trinajstić information content (AvgIpc) is 2.90. The summed E-state index contributed by atoms with van der Waals surface area (Å²) in [5.74, 6) is 0. The van der Waals surface area contributed by atoms with E-state index in [0.717, 1.165) is 58.6 Å². The van der Waals surface area contributed by atoms with Crippen molar-refractivity contribution in [3.8, 4) is 0 Å². The van der Waals surface area contributed by atoms with Crippen LogP contribution in [0.1, 0.15) is 24.7 Å². The van der Waals surface area contributed by atoms with Crippen molar-refractivity contribution < 1.29 is 18.0 Å². The number of halogens is 1. The monoisotopic (exact) mass is 576 g/mol. The molecule has 168 valence electrons. The van der Waals surface area contributed by atoms with E-state index in [2.05, 4.69) is 26.1 Å². The molecule has 3 heterocycles. The van der Waals surface area contributed by atoms with E-state index in [9.17, 15) is 9.36 Å². The van der Waals surface area contributed by atoms with Crippen LogP contribution < -0.4 is 16.2 Å². The van der Waals surface area contributed by atoms with Crippen LogP contribution in [0.4, 0.5) is 0 Å². The van der Waals surface area contributed by atoms with Gasteiger partial charge in [0.1, 0.15) is 0 Å². The van der Waals surface area contributed by atoms with E-state index in [1.165, 1.54) is 4.44 Å². The number of fused-ring (bicyclic) bond motifs is 3. The summed E-state index contributed by atoms with van der Waals surface area (Å²) in [6, 6.07) is 5.55. The molecular formula is C21H26BrN2O5PSe. The van der Waals surface area contributed by atoms with Gasteiger partial charge in [0.25, 0.3) is 0 Å². The Hall–Kier alpha value is -0.761. The summed E-state index contributed by atoms with van der Waals surface area (Å²) in [5.41, 5.74) is -0.0969. The summed E-state index contributed by atoms with van der Waals surface area (Å²) in [6.45, 7) is 8.86. The van der Waals surface area contributed by atoms with Crippen molar-refractivity contribution in [3.63, 3.8) is 0 Å². The Morgan fingerprint density at radius 2 is 2.00 bits per heavy atom. The zero-order valence-corrected chi connectivity index (χ0v) is 21.8. The standard InChI is InChI=1S/C21H26BrN2O5PSe/c1-3-27-30(26,28-4-2)16-12-14-6-7-15-18(22)17(13-24-10-5-8-23-9-11-24)31-20(15)19(14)29-21(16)25/h6-7,12,23H,3-5,8-11,13H2,1-2H3. The number of hydrogen-bond donors (Lipinski definition) is 1. The normalized spacial score (nSPS) is 16.2. The second kappa shape index (κ2) is 10.0.